The van der Waals surface area contributed by atoms with Crippen LogP contribution in [0.15, 0.2) is 30.6 Å². The van der Waals surface area contributed by atoms with Gasteiger partial charge in [0, 0.05) is 13.2 Å². The second-order valence-electron chi connectivity index (χ2n) is 6.14. The lowest BCUT2D eigenvalue weighted by molar-refractivity contribution is 0.0590. The van der Waals surface area contributed by atoms with Crippen LogP contribution >= 0.6 is 0 Å². The van der Waals surface area contributed by atoms with Gasteiger partial charge in [-0.1, -0.05) is 18.2 Å². The summed E-state index contributed by atoms with van der Waals surface area (Å²) < 4.78 is 26.2. The summed E-state index contributed by atoms with van der Waals surface area (Å²) in [4.78, 5) is 23.9. The van der Waals surface area contributed by atoms with Crippen molar-refractivity contribution in [3.8, 4) is 0 Å². The zero-order chi connectivity index (χ0) is 18.8. The van der Waals surface area contributed by atoms with Gasteiger partial charge < -0.3 is 14.8 Å². The summed E-state index contributed by atoms with van der Waals surface area (Å²) >= 11 is 0. The summed E-state index contributed by atoms with van der Waals surface area (Å²) in [5.74, 6) is -0.178. The standard InChI is InChI=1S/C18H18FN5O3/c1-26-17(25)12-6-3-2-5-11(12)9-20-15-14-16(23-18(19)22-15)24(10-21-14)13-7-4-8-27-13/h2-3,5-6,10,13H,4,7-9H2,1H3,(H,20,22,23). The number of esters is 1. The van der Waals surface area contributed by atoms with Crippen molar-refractivity contribution in [2.24, 2.45) is 0 Å². The molecule has 1 fully saturated rings. The summed E-state index contributed by atoms with van der Waals surface area (Å²) in [6.45, 7) is 0.914. The molecule has 1 N–H and O–H groups in total. The molecule has 1 saturated heterocycles. The third-order valence-electron chi connectivity index (χ3n) is 4.48. The van der Waals surface area contributed by atoms with Crippen molar-refractivity contribution in [3.63, 3.8) is 0 Å². The first-order chi connectivity index (χ1) is 13.2. The molecule has 0 radical (unpaired) electrons. The summed E-state index contributed by atoms with van der Waals surface area (Å²) in [5, 5.41) is 3.05. The van der Waals surface area contributed by atoms with E-state index in [1.54, 1.807) is 29.1 Å². The number of halogens is 1. The van der Waals surface area contributed by atoms with Crippen LogP contribution in [0.5, 0.6) is 0 Å². The van der Waals surface area contributed by atoms with Crippen LogP contribution in [0.3, 0.4) is 0 Å². The topological polar surface area (TPSA) is 91.2 Å². The quantitative estimate of drug-likeness (QED) is 0.545. The Kier molecular flexibility index (Phi) is 4.68. The number of carbonyl (C=O) groups is 1. The fourth-order valence-corrected chi connectivity index (χ4v) is 3.17. The summed E-state index contributed by atoms with van der Waals surface area (Å²) in [5.41, 5.74) is 1.96. The third kappa shape index (κ3) is 3.33. The van der Waals surface area contributed by atoms with Gasteiger partial charge in [0.15, 0.2) is 17.0 Å². The van der Waals surface area contributed by atoms with Gasteiger partial charge in [0.05, 0.1) is 19.0 Å². The molecular formula is C18H18FN5O3. The van der Waals surface area contributed by atoms with E-state index in [-0.39, 0.29) is 18.6 Å². The highest BCUT2D eigenvalue weighted by molar-refractivity contribution is 5.91. The minimum atomic E-state index is -0.856. The van der Waals surface area contributed by atoms with Crippen molar-refractivity contribution < 1.29 is 18.7 Å². The van der Waals surface area contributed by atoms with E-state index >= 15 is 0 Å². The van der Waals surface area contributed by atoms with Crippen LogP contribution < -0.4 is 5.32 Å². The number of anilines is 1. The van der Waals surface area contributed by atoms with Gasteiger partial charge in [-0.05, 0) is 24.5 Å². The second kappa shape index (κ2) is 7.28. The van der Waals surface area contributed by atoms with Crippen LogP contribution in [0.1, 0.15) is 35.0 Å². The highest BCUT2D eigenvalue weighted by atomic mass is 19.1. The summed E-state index contributed by atoms with van der Waals surface area (Å²) in [6.07, 6.45) is 2.30. The predicted molar refractivity (Wildman–Crippen MR) is 94.6 cm³/mol. The maximum Gasteiger partial charge on any atom is 0.338 e. The zero-order valence-electron chi connectivity index (χ0n) is 14.7. The lowest BCUT2D eigenvalue weighted by Crippen LogP contribution is -2.11. The van der Waals surface area contributed by atoms with E-state index in [2.05, 4.69) is 20.3 Å². The van der Waals surface area contributed by atoms with E-state index in [0.717, 1.165) is 12.8 Å². The van der Waals surface area contributed by atoms with Crippen LogP contribution in [0.4, 0.5) is 10.2 Å². The predicted octanol–water partition coefficient (Wildman–Crippen LogP) is 2.67. The molecule has 0 amide bonds. The Labute approximate surface area is 154 Å². The van der Waals surface area contributed by atoms with Crippen molar-refractivity contribution in [1.29, 1.82) is 0 Å². The van der Waals surface area contributed by atoms with Crippen molar-refractivity contribution in [2.45, 2.75) is 25.6 Å². The van der Waals surface area contributed by atoms with Gasteiger partial charge in [-0.15, -0.1) is 0 Å². The van der Waals surface area contributed by atoms with Gasteiger partial charge in [0.1, 0.15) is 6.23 Å². The van der Waals surface area contributed by atoms with Crippen LogP contribution in [0.25, 0.3) is 11.2 Å². The number of ether oxygens (including phenoxy) is 2. The van der Waals surface area contributed by atoms with Crippen LogP contribution in [-0.4, -0.2) is 39.2 Å². The largest absolute Gasteiger partial charge is 0.465 e. The monoisotopic (exact) mass is 371 g/mol. The Bertz CT molecular complexity index is 984. The minimum absolute atomic E-state index is 0.197. The first-order valence-electron chi connectivity index (χ1n) is 8.59. The van der Waals surface area contributed by atoms with Gasteiger partial charge >= 0.3 is 12.0 Å². The lowest BCUT2D eigenvalue weighted by Gasteiger charge is -2.12. The number of imidazole rings is 1. The number of hydrogen-bond donors (Lipinski definition) is 1. The van der Waals surface area contributed by atoms with Crippen molar-refractivity contribution in [3.05, 3.63) is 47.8 Å². The first-order valence-corrected chi connectivity index (χ1v) is 8.59. The molecule has 1 atom stereocenters. The van der Waals surface area contributed by atoms with Gasteiger partial charge in [-0.2, -0.15) is 14.4 Å². The summed E-state index contributed by atoms with van der Waals surface area (Å²) in [6, 6.07) is 7.03. The highest BCUT2D eigenvalue weighted by Gasteiger charge is 2.22. The second-order valence-corrected chi connectivity index (χ2v) is 6.14. The van der Waals surface area contributed by atoms with Gasteiger partial charge in [-0.25, -0.2) is 9.78 Å². The number of nitrogens with zero attached hydrogens (tertiary/aromatic N) is 4. The molecule has 8 nitrogen and oxygen atoms in total. The Morgan fingerprint density at radius 1 is 1.41 bits per heavy atom. The maximum atomic E-state index is 14.0. The Hall–Kier alpha value is -3.07. The number of aromatic nitrogens is 4. The number of benzene rings is 1. The Morgan fingerprint density at radius 3 is 3.04 bits per heavy atom. The van der Waals surface area contributed by atoms with Gasteiger partial charge in [0.2, 0.25) is 0 Å². The van der Waals surface area contributed by atoms with E-state index in [4.69, 9.17) is 9.47 Å². The molecule has 1 aromatic carbocycles. The average Bonchev–Trinajstić information content (AvgIpc) is 3.35. The average molecular weight is 371 g/mol. The van der Waals surface area contributed by atoms with E-state index in [9.17, 15) is 9.18 Å². The summed E-state index contributed by atoms with van der Waals surface area (Å²) in [7, 11) is 1.33. The molecule has 0 bridgehead atoms. The first kappa shape index (κ1) is 17.3. The molecule has 3 heterocycles. The lowest BCUT2D eigenvalue weighted by atomic mass is 10.1. The fourth-order valence-electron chi connectivity index (χ4n) is 3.17. The molecular weight excluding hydrogens is 353 g/mol. The number of nitrogens with one attached hydrogen (secondary N) is 1. The number of methoxy groups -OCH3 is 1. The third-order valence-corrected chi connectivity index (χ3v) is 4.48. The maximum absolute atomic E-state index is 14.0. The molecule has 140 valence electrons. The number of carbonyl (C=O) groups excluding carboxylic acids is 1. The Morgan fingerprint density at radius 2 is 2.26 bits per heavy atom. The molecule has 1 aliphatic rings. The zero-order valence-corrected chi connectivity index (χ0v) is 14.7. The van der Waals surface area contributed by atoms with Crippen molar-refractivity contribution >= 4 is 23.0 Å². The van der Waals surface area contributed by atoms with Gasteiger partial charge in [0.25, 0.3) is 0 Å². The molecule has 0 saturated carbocycles. The highest BCUT2D eigenvalue weighted by Crippen LogP contribution is 2.28. The SMILES string of the molecule is COC(=O)c1ccccc1CNc1nc(F)nc2c1ncn2C1CCCO1. The molecule has 0 aliphatic carbocycles. The van der Waals surface area contributed by atoms with E-state index in [0.29, 0.717) is 28.9 Å². The molecule has 1 aliphatic heterocycles. The molecule has 4 rings (SSSR count). The van der Waals surface area contributed by atoms with E-state index in [1.165, 1.54) is 7.11 Å². The molecule has 27 heavy (non-hydrogen) atoms. The minimum Gasteiger partial charge on any atom is -0.465 e. The van der Waals surface area contributed by atoms with Gasteiger partial charge in [-0.3, -0.25) is 4.57 Å². The van der Waals surface area contributed by atoms with Crippen LogP contribution in [0, 0.1) is 6.08 Å². The molecule has 2 aromatic heterocycles. The number of hydrogen-bond acceptors (Lipinski definition) is 7. The Balaban J connectivity index is 1.64. The molecule has 1 unspecified atom stereocenters. The molecule has 3 aromatic rings. The smallest absolute Gasteiger partial charge is 0.338 e. The van der Waals surface area contributed by atoms with Crippen LogP contribution in [0.2, 0.25) is 0 Å². The fraction of sp³-hybridized carbons (Fsp3) is 0.333. The normalized spacial score (nSPS) is 16.6. The molecule has 0 spiro atoms. The number of rotatable bonds is 5. The van der Waals surface area contributed by atoms with Crippen LogP contribution in [-0.2, 0) is 16.0 Å². The van der Waals surface area contributed by atoms with E-state index in [1.807, 2.05) is 6.07 Å². The molecule has 9 heteroatoms. The van der Waals surface area contributed by atoms with Crippen molar-refractivity contribution in [2.75, 3.05) is 19.0 Å². The number of fused-ring (bicyclic) bond motifs is 1. The van der Waals surface area contributed by atoms with E-state index < -0.39 is 12.0 Å². The van der Waals surface area contributed by atoms with Crippen molar-refractivity contribution in [1.82, 2.24) is 19.5 Å².